The number of benzene rings is 1. The van der Waals surface area contributed by atoms with E-state index < -0.39 is 5.97 Å². The van der Waals surface area contributed by atoms with Crippen LogP contribution in [0.25, 0.3) is 17.8 Å². The van der Waals surface area contributed by atoms with Crippen LogP contribution in [0.3, 0.4) is 0 Å². The Morgan fingerprint density at radius 1 is 1.12 bits per heavy atom. The smallest absolute Gasteiger partial charge is 0.331 e. The molecule has 1 aromatic carbocycles. The molecule has 3 rings (SSSR count). The Kier molecular flexibility index (Phi) is 5.08. The van der Waals surface area contributed by atoms with E-state index in [2.05, 4.69) is 4.98 Å². The first kappa shape index (κ1) is 16.0. The fourth-order valence-electron chi connectivity index (χ4n) is 2.21. The monoisotopic (exact) mass is 338 g/mol. The van der Waals surface area contributed by atoms with Crippen molar-refractivity contribution in [1.82, 2.24) is 9.38 Å². The Morgan fingerprint density at radius 2 is 1.92 bits per heavy atom. The maximum Gasteiger partial charge on any atom is 0.331 e. The van der Waals surface area contributed by atoms with Crippen molar-refractivity contribution in [3.05, 3.63) is 83.3 Å². The summed E-state index contributed by atoms with van der Waals surface area (Å²) >= 11 is 6.10. The fraction of sp³-hybridized carbons (Fsp3) is 0.0526. The number of nitrogens with zero attached hydrogens (tertiary/aromatic N) is 2. The molecule has 0 radical (unpaired) electrons. The minimum Gasteiger partial charge on any atom is -0.458 e. The van der Waals surface area contributed by atoms with Gasteiger partial charge < -0.3 is 4.74 Å². The van der Waals surface area contributed by atoms with E-state index in [9.17, 15) is 4.79 Å². The number of halogens is 1. The summed E-state index contributed by atoms with van der Waals surface area (Å²) in [6.45, 7) is 0.207. The molecule has 0 spiro atoms. The summed E-state index contributed by atoms with van der Waals surface area (Å²) in [7, 11) is 0. The molecule has 120 valence electrons. The number of hydrogen-bond acceptors (Lipinski definition) is 3. The van der Waals surface area contributed by atoms with Gasteiger partial charge >= 0.3 is 5.97 Å². The second kappa shape index (κ2) is 7.62. The Balaban J connectivity index is 1.59. The average molecular weight is 339 g/mol. The van der Waals surface area contributed by atoms with Crippen molar-refractivity contribution in [2.75, 3.05) is 6.61 Å². The highest BCUT2D eigenvalue weighted by Gasteiger charge is 2.07. The van der Waals surface area contributed by atoms with Crippen LogP contribution in [0.1, 0.15) is 11.3 Å². The van der Waals surface area contributed by atoms with Crippen LogP contribution in [-0.2, 0) is 9.53 Å². The molecule has 24 heavy (non-hydrogen) atoms. The summed E-state index contributed by atoms with van der Waals surface area (Å²) < 4.78 is 6.94. The number of hydrogen-bond donors (Lipinski definition) is 0. The predicted molar refractivity (Wildman–Crippen MR) is 95.7 cm³/mol. The second-order valence-corrected chi connectivity index (χ2v) is 5.35. The third-order valence-corrected chi connectivity index (χ3v) is 3.61. The number of pyridine rings is 1. The number of ether oxygens (including phenoxy) is 1. The third kappa shape index (κ3) is 3.91. The lowest BCUT2D eigenvalue weighted by Crippen LogP contribution is -2.00. The van der Waals surface area contributed by atoms with Crippen molar-refractivity contribution in [2.45, 2.75) is 0 Å². The van der Waals surface area contributed by atoms with Crippen LogP contribution >= 0.6 is 11.6 Å². The van der Waals surface area contributed by atoms with Gasteiger partial charge in [0, 0.05) is 12.3 Å². The topological polar surface area (TPSA) is 43.6 Å². The van der Waals surface area contributed by atoms with E-state index in [-0.39, 0.29) is 6.61 Å². The normalized spacial score (nSPS) is 11.5. The van der Waals surface area contributed by atoms with Crippen molar-refractivity contribution in [1.29, 1.82) is 0 Å². The fourth-order valence-corrected chi connectivity index (χ4v) is 2.45. The lowest BCUT2D eigenvalue weighted by Gasteiger charge is -1.98. The van der Waals surface area contributed by atoms with E-state index in [1.807, 2.05) is 60.8 Å². The van der Waals surface area contributed by atoms with Gasteiger partial charge in [0.2, 0.25) is 0 Å². The highest BCUT2D eigenvalue weighted by molar-refractivity contribution is 6.31. The largest absolute Gasteiger partial charge is 0.458 e. The van der Waals surface area contributed by atoms with Crippen molar-refractivity contribution in [3.8, 4) is 0 Å². The molecule has 5 heteroatoms. The van der Waals surface area contributed by atoms with Crippen LogP contribution in [-0.4, -0.2) is 22.0 Å². The summed E-state index contributed by atoms with van der Waals surface area (Å²) in [4.78, 5) is 16.0. The zero-order chi connectivity index (χ0) is 16.8. The van der Waals surface area contributed by atoms with E-state index >= 15 is 0 Å². The van der Waals surface area contributed by atoms with Gasteiger partial charge in [-0.3, -0.25) is 4.40 Å². The summed E-state index contributed by atoms with van der Waals surface area (Å²) in [6.07, 6.45) is 8.48. The first-order chi connectivity index (χ1) is 11.7. The maximum atomic E-state index is 11.8. The quantitative estimate of drug-likeness (QED) is 0.516. The highest BCUT2D eigenvalue weighted by atomic mass is 35.5. The van der Waals surface area contributed by atoms with E-state index in [0.29, 0.717) is 10.8 Å². The molecule has 0 aliphatic carbocycles. The predicted octanol–water partition coefficient (Wildman–Crippen LogP) is 4.26. The molecule has 2 aromatic heterocycles. The molecule has 3 aromatic rings. The van der Waals surface area contributed by atoms with Crippen molar-refractivity contribution in [2.24, 2.45) is 0 Å². The summed E-state index contributed by atoms with van der Waals surface area (Å²) in [6, 6.07) is 15.4. The number of carbonyl (C=O) groups is 1. The Morgan fingerprint density at radius 3 is 2.75 bits per heavy atom. The minimum absolute atomic E-state index is 0.207. The standard InChI is InChI=1S/C19H15ClN2O2/c20-19-16(22-13-5-4-10-17(22)21-19)11-12-18(23)24-14-6-9-15-7-2-1-3-8-15/h1-13H,14H2/b9-6+,12-11+. The van der Waals surface area contributed by atoms with Crippen LogP contribution in [0.4, 0.5) is 0 Å². The molecule has 2 heterocycles. The molecule has 0 bridgehead atoms. The first-order valence-electron chi connectivity index (χ1n) is 7.43. The van der Waals surface area contributed by atoms with Crippen LogP contribution in [0, 0.1) is 0 Å². The van der Waals surface area contributed by atoms with Crippen LogP contribution in [0.2, 0.25) is 5.15 Å². The van der Waals surface area contributed by atoms with Crippen LogP contribution in [0.5, 0.6) is 0 Å². The second-order valence-electron chi connectivity index (χ2n) is 4.99. The van der Waals surface area contributed by atoms with Gasteiger partial charge in [0.05, 0.1) is 5.69 Å². The molecule has 0 N–H and O–H groups in total. The van der Waals surface area contributed by atoms with Gasteiger partial charge in [-0.25, -0.2) is 9.78 Å². The van der Waals surface area contributed by atoms with E-state index in [4.69, 9.17) is 16.3 Å². The van der Waals surface area contributed by atoms with E-state index in [0.717, 1.165) is 11.2 Å². The highest BCUT2D eigenvalue weighted by Crippen LogP contribution is 2.18. The number of fused-ring (bicyclic) bond motifs is 1. The molecule has 0 unspecified atom stereocenters. The lowest BCUT2D eigenvalue weighted by atomic mass is 10.2. The van der Waals surface area contributed by atoms with E-state index in [1.54, 1.807) is 16.6 Å². The summed E-state index contributed by atoms with van der Waals surface area (Å²) in [5.74, 6) is -0.436. The first-order valence-corrected chi connectivity index (χ1v) is 7.81. The molecular formula is C19H15ClN2O2. The van der Waals surface area contributed by atoms with Crippen LogP contribution < -0.4 is 0 Å². The average Bonchev–Trinajstić information content (AvgIpc) is 2.93. The number of rotatable bonds is 5. The molecule has 0 aliphatic heterocycles. The number of imidazole rings is 1. The van der Waals surface area contributed by atoms with Gasteiger partial charge in [0.1, 0.15) is 12.3 Å². The van der Waals surface area contributed by atoms with Gasteiger partial charge in [-0.05, 0) is 29.8 Å². The van der Waals surface area contributed by atoms with Crippen molar-refractivity contribution < 1.29 is 9.53 Å². The van der Waals surface area contributed by atoms with Gasteiger partial charge in [0.25, 0.3) is 0 Å². The minimum atomic E-state index is -0.436. The summed E-state index contributed by atoms with van der Waals surface area (Å²) in [5, 5.41) is 0.342. The van der Waals surface area contributed by atoms with Crippen molar-refractivity contribution >= 4 is 35.4 Å². The third-order valence-electron chi connectivity index (χ3n) is 3.33. The lowest BCUT2D eigenvalue weighted by molar-refractivity contribution is -0.136. The Hall–Kier alpha value is -2.85. The van der Waals surface area contributed by atoms with Gasteiger partial charge in [-0.1, -0.05) is 54.1 Å². The van der Waals surface area contributed by atoms with Gasteiger partial charge in [0.15, 0.2) is 5.15 Å². The zero-order valence-corrected chi connectivity index (χ0v) is 13.6. The Labute approximate surface area is 144 Å². The molecule has 0 aliphatic rings. The summed E-state index contributed by atoms with van der Waals surface area (Å²) in [5.41, 5.74) is 2.42. The maximum absolute atomic E-state index is 11.8. The Bertz CT molecular complexity index is 898. The molecule has 0 saturated carbocycles. The molecule has 0 saturated heterocycles. The molecule has 0 atom stereocenters. The molecule has 4 nitrogen and oxygen atoms in total. The SMILES string of the molecule is O=C(/C=C/c1c(Cl)nc2ccccn12)OC/C=C/c1ccccc1. The number of esters is 1. The molecule has 0 fully saturated rings. The van der Waals surface area contributed by atoms with Crippen LogP contribution in [0.15, 0.2) is 66.9 Å². The zero-order valence-electron chi connectivity index (χ0n) is 12.8. The number of carbonyl (C=O) groups excluding carboxylic acids is 1. The van der Waals surface area contributed by atoms with Gasteiger partial charge in [-0.2, -0.15) is 0 Å². The molecule has 0 amide bonds. The van der Waals surface area contributed by atoms with E-state index in [1.165, 1.54) is 6.08 Å². The molecular weight excluding hydrogens is 324 g/mol. The van der Waals surface area contributed by atoms with Gasteiger partial charge in [-0.15, -0.1) is 0 Å². The number of aromatic nitrogens is 2. The van der Waals surface area contributed by atoms with Crippen molar-refractivity contribution in [3.63, 3.8) is 0 Å².